The molecule has 0 bridgehead atoms. The second-order valence-electron chi connectivity index (χ2n) is 7.18. The lowest BCUT2D eigenvalue weighted by Gasteiger charge is -2.39. The number of aryl methyl sites for hydroxylation is 1. The summed E-state index contributed by atoms with van der Waals surface area (Å²) in [6.45, 7) is 3.87. The van der Waals surface area contributed by atoms with E-state index in [4.69, 9.17) is 4.74 Å². The predicted octanol–water partition coefficient (Wildman–Crippen LogP) is 2.80. The van der Waals surface area contributed by atoms with Gasteiger partial charge in [0.15, 0.2) is 0 Å². The Morgan fingerprint density at radius 2 is 1.93 bits per heavy atom. The van der Waals surface area contributed by atoms with E-state index in [-0.39, 0.29) is 18.2 Å². The minimum absolute atomic E-state index is 0. The molecule has 1 unspecified atom stereocenters. The molecule has 1 aliphatic heterocycles. The van der Waals surface area contributed by atoms with E-state index in [2.05, 4.69) is 9.88 Å². The molecule has 2 heterocycles. The van der Waals surface area contributed by atoms with Gasteiger partial charge < -0.3 is 25.0 Å². The van der Waals surface area contributed by atoms with Crippen LogP contribution in [0.2, 0.25) is 0 Å². The summed E-state index contributed by atoms with van der Waals surface area (Å²) in [5, 5.41) is 31.4. The highest BCUT2D eigenvalue weighted by Crippen LogP contribution is 2.33. The molecule has 3 N–H and O–H groups in total. The molecular weight excluding hydrogens is 380 g/mol. The van der Waals surface area contributed by atoms with Gasteiger partial charge in [-0.2, -0.15) is 0 Å². The molecular formula is C21H29ClN2O4. The topological polar surface area (TPSA) is 86.1 Å². The molecule has 28 heavy (non-hydrogen) atoms. The van der Waals surface area contributed by atoms with E-state index >= 15 is 0 Å². The van der Waals surface area contributed by atoms with Gasteiger partial charge in [0.1, 0.15) is 5.75 Å². The molecule has 1 atom stereocenters. The molecule has 6 nitrogen and oxygen atoms in total. The van der Waals surface area contributed by atoms with Gasteiger partial charge in [-0.05, 0) is 48.6 Å². The summed E-state index contributed by atoms with van der Waals surface area (Å²) >= 11 is 0. The average molecular weight is 409 g/mol. The van der Waals surface area contributed by atoms with Gasteiger partial charge >= 0.3 is 0 Å². The van der Waals surface area contributed by atoms with Crippen LogP contribution in [-0.2, 0) is 12.0 Å². The largest absolute Gasteiger partial charge is 0.508 e. The van der Waals surface area contributed by atoms with Crippen molar-refractivity contribution in [3.63, 3.8) is 0 Å². The zero-order valence-corrected chi connectivity index (χ0v) is 17.2. The summed E-state index contributed by atoms with van der Waals surface area (Å²) in [5.74, 6) is 0.799. The number of aromatic hydroxyl groups is 1. The van der Waals surface area contributed by atoms with Gasteiger partial charge in [0.25, 0.3) is 0 Å². The number of hydrogen-bond acceptors (Lipinski definition) is 6. The number of methoxy groups -OCH3 is 1. The fraction of sp³-hybridized carbons (Fsp3) is 0.476. The van der Waals surface area contributed by atoms with Crippen LogP contribution in [0.15, 0.2) is 36.5 Å². The number of nitrogens with zero attached hydrogens (tertiary/aromatic N) is 2. The molecule has 0 amide bonds. The van der Waals surface area contributed by atoms with Crippen LogP contribution in [0.4, 0.5) is 0 Å². The van der Waals surface area contributed by atoms with Crippen molar-refractivity contribution >= 4 is 12.4 Å². The van der Waals surface area contributed by atoms with Crippen molar-refractivity contribution in [1.29, 1.82) is 0 Å². The van der Waals surface area contributed by atoms with Crippen molar-refractivity contribution in [2.24, 2.45) is 0 Å². The number of aliphatic hydroxyl groups excluding tert-OH is 1. The van der Waals surface area contributed by atoms with Crippen LogP contribution >= 0.6 is 12.4 Å². The number of phenolic OH excluding ortho intramolecular Hbond substituents is 1. The van der Waals surface area contributed by atoms with Crippen molar-refractivity contribution in [3.8, 4) is 11.6 Å². The second-order valence-corrected chi connectivity index (χ2v) is 7.18. The molecule has 1 aliphatic rings. The summed E-state index contributed by atoms with van der Waals surface area (Å²) < 4.78 is 5.07. The van der Waals surface area contributed by atoms with Gasteiger partial charge in [-0.3, -0.25) is 0 Å². The third-order valence-electron chi connectivity index (χ3n) is 5.47. The molecule has 7 heteroatoms. The molecule has 0 saturated carbocycles. The molecule has 0 aliphatic carbocycles. The fourth-order valence-electron chi connectivity index (χ4n) is 3.62. The summed E-state index contributed by atoms with van der Waals surface area (Å²) in [6.07, 6.45) is 2.95. The third-order valence-corrected chi connectivity index (χ3v) is 5.47. The highest BCUT2D eigenvalue weighted by molar-refractivity contribution is 5.85. The standard InChI is InChI=1S/C21H28N2O4.ClH/c1-3-15-12-16(4-6-18(15)24)19(25)14-23-10-8-21(26,9-11-23)17-5-7-20(27-2)22-13-17;/h4-7,12-13,19,24-26H,3,8-11,14H2,1-2H3;1H. The molecule has 0 spiro atoms. The van der Waals surface area contributed by atoms with Crippen molar-refractivity contribution in [1.82, 2.24) is 9.88 Å². The number of aromatic nitrogens is 1. The molecule has 2 aromatic rings. The van der Waals surface area contributed by atoms with Gasteiger partial charge in [0.2, 0.25) is 5.88 Å². The highest BCUT2D eigenvalue weighted by Gasteiger charge is 2.34. The first kappa shape index (κ1) is 22.4. The fourth-order valence-corrected chi connectivity index (χ4v) is 3.62. The van der Waals surface area contributed by atoms with E-state index in [0.29, 0.717) is 38.4 Å². The quantitative estimate of drug-likeness (QED) is 0.681. The number of halogens is 1. The highest BCUT2D eigenvalue weighted by atomic mass is 35.5. The average Bonchev–Trinajstić information content (AvgIpc) is 2.70. The number of ether oxygens (including phenoxy) is 1. The van der Waals surface area contributed by atoms with Crippen molar-refractivity contribution < 1.29 is 20.1 Å². The molecule has 3 rings (SSSR count). The molecule has 1 aromatic carbocycles. The molecule has 154 valence electrons. The Morgan fingerprint density at radius 1 is 1.21 bits per heavy atom. The zero-order valence-electron chi connectivity index (χ0n) is 16.3. The molecule has 1 saturated heterocycles. The molecule has 0 radical (unpaired) electrons. The maximum Gasteiger partial charge on any atom is 0.212 e. The van der Waals surface area contributed by atoms with Gasteiger partial charge in [0.05, 0.1) is 18.8 Å². The van der Waals surface area contributed by atoms with Crippen LogP contribution in [-0.4, -0.2) is 51.9 Å². The van der Waals surface area contributed by atoms with Gasteiger partial charge in [-0.25, -0.2) is 4.98 Å². The smallest absolute Gasteiger partial charge is 0.212 e. The van der Waals surface area contributed by atoms with Crippen LogP contribution in [0.5, 0.6) is 11.6 Å². The molecule has 1 aromatic heterocycles. The Hall–Kier alpha value is -1.86. The lowest BCUT2D eigenvalue weighted by Crippen LogP contribution is -2.44. The number of aliphatic hydroxyl groups is 2. The van der Waals surface area contributed by atoms with Crippen LogP contribution in [0.25, 0.3) is 0 Å². The summed E-state index contributed by atoms with van der Waals surface area (Å²) in [4.78, 5) is 6.35. The van der Waals surface area contributed by atoms with E-state index in [1.54, 1.807) is 31.5 Å². The van der Waals surface area contributed by atoms with Crippen LogP contribution in [0.1, 0.15) is 42.6 Å². The lowest BCUT2D eigenvalue weighted by molar-refractivity contribution is -0.0347. The minimum atomic E-state index is -0.894. The van der Waals surface area contributed by atoms with Gasteiger partial charge in [0, 0.05) is 37.5 Å². The predicted molar refractivity (Wildman–Crippen MR) is 110 cm³/mol. The first-order valence-electron chi connectivity index (χ1n) is 9.40. The number of benzene rings is 1. The number of pyridine rings is 1. The Bertz CT molecular complexity index is 762. The normalized spacial score (nSPS) is 17.6. The first-order chi connectivity index (χ1) is 12.9. The van der Waals surface area contributed by atoms with E-state index in [0.717, 1.165) is 23.1 Å². The van der Waals surface area contributed by atoms with E-state index in [9.17, 15) is 15.3 Å². The van der Waals surface area contributed by atoms with Gasteiger partial charge in [-0.1, -0.05) is 13.0 Å². The summed E-state index contributed by atoms with van der Waals surface area (Å²) in [6, 6.07) is 8.90. The Kier molecular flexibility index (Phi) is 7.66. The number of rotatable bonds is 6. The van der Waals surface area contributed by atoms with Crippen LogP contribution in [0, 0.1) is 0 Å². The second kappa shape index (κ2) is 9.56. The number of piperidine rings is 1. The molecule has 1 fully saturated rings. The maximum atomic E-state index is 11.0. The number of likely N-dealkylation sites (tertiary alicyclic amines) is 1. The van der Waals surface area contributed by atoms with Crippen LogP contribution in [0.3, 0.4) is 0 Å². The Balaban J connectivity index is 0.00000280. The number of β-amino-alcohol motifs (C(OH)–C–C–N with tert-alkyl or cyclic N) is 1. The minimum Gasteiger partial charge on any atom is -0.508 e. The van der Waals surface area contributed by atoms with Crippen molar-refractivity contribution in [3.05, 3.63) is 53.2 Å². The van der Waals surface area contributed by atoms with E-state index in [1.165, 1.54) is 0 Å². The van der Waals surface area contributed by atoms with Crippen molar-refractivity contribution in [2.45, 2.75) is 37.9 Å². The summed E-state index contributed by atoms with van der Waals surface area (Å²) in [5.41, 5.74) is 1.56. The van der Waals surface area contributed by atoms with E-state index in [1.807, 2.05) is 19.1 Å². The van der Waals surface area contributed by atoms with Crippen LogP contribution < -0.4 is 4.74 Å². The number of hydrogen-bond donors (Lipinski definition) is 3. The lowest BCUT2D eigenvalue weighted by atomic mass is 9.85. The van der Waals surface area contributed by atoms with E-state index < -0.39 is 11.7 Å². The van der Waals surface area contributed by atoms with Crippen molar-refractivity contribution in [2.75, 3.05) is 26.7 Å². The zero-order chi connectivity index (χ0) is 19.4. The third kappa shape index (κ3) is 4.94. The van der Waals surface area contributed by atoms with Gasteiger partial charge in [-0.15, -0.1) is 12.4 Å². The first-order valence-corrected chi connectivity index (χ1v) is 9.40. The Labute approximate surface area is 172 Å². The Morgan fingerprint density at radius 3 is 2.50 bits per heavy atom. The summed E-state index contributed by atoms with van der Waals surface area (Å²) in [7, 11) is 1.57. The maximum absolute atomic E-state index is 11.0. The number of phenols is 1. The SMILES string of the molecule is CCc1cc(C(O)CN2CCC(O)(c3ccc(OC)nc3)CC2)ccc1O.Cl. The monoisotopic (exact) mass is 408 g/mol.